The second-order valence-electron chi connectivity index (χ2n) is 7.72. The molecule has 0 bridgehead atoms. The first-order valence-electron chi connectivity index (χ1n) is 11.0. The van der Waals surface area contributed by atoms with Crippen molar-refractivity contribution in [1.29, 1.82) is 0 Å². The van der Waals surface area contributed by atoms with E-state index >= 15 is 0 Å². The zero-order valence-electron chi connectivity index (χ0n) is 19.6. The summed E-state index contributed by atoms with van der Waals surface area (Å²) in [6.07, 6.45) is 0.448. The predicted molar refractivity (Wildman–Crippen MR) is 125 cm³/mol. The molecule has 2 aromatic rings. The van der Waals surface area contributed by atoms with Crippen molar-refractivity contribution in [2.45, 2.75) is 39.1 Å². The van der Waals surface area contributed by atoms with Gasteiger partial charge in [-0.25, -0.2) is 0 Å². The number of ether oxygens (including phenoxy) is 5. The fourth-order valence-corrected chi connectivity index (χ4v) is 3.00. The molecule has 0 aliphatic rings. The van der Waals surface area contributed by atoms with E-state index in [0.717, 1.165) is 35.6 Å². The molecule has 0 fully saturated rings. The highest BCUT2D eigenvalue weighted by Crippen LogP contribution is 2.27. The summed E-state index contributed by atoms with van der Waals surface area (Å²) in [5, 5.41) is 13.4. The molecule has 178 valence electrons. The van der Waals surface area contributed by atoms with Crippen molar-refractivity contribution < 1.29 is 28.8 Å². The third-order valence-electron chi connectivity index (χ3n) is 4.73. The van der Waals surface area contributed by atoms with Gasteiger partial charge in [-0.2, -0.15) is 0 Å². The average Bonchev–Trinajstić information content (AvgIpc) is 2.80. The Bertz CT molecular complexity index is 766. The van der Waals surface area contributed by atoms with Gasteiger partial charge in [0.1, 0.15) is 18.5 Å². The minimum absolute atomic E-state index is 0.221. The van der Waals surface area contributed by atoms with Gasteiger partial charge in [0.15, 0.2) is 11.5 Å². The Morgan fingerprint density at radius 3 is 2.31 bits per heavy atom. The minimum atomic E-state index is -0.593. The number of aliphatic hydroxyl groups is 1. The van der Waals surface area contributed by atoms with Crippen LogP contribution in [0.25, 0.3) is 0 Å². The van der Waals surface area contributed by atoms with Gasteiger partial charge in [0, 0.05) is 6.54 Å². The smallest absolute Gasteiger partial charge is 0.160 e. The first-order valence-corrected chi connectivity index (χ1v) is 11.0. The van der Waals surface area contributed by atoms with Gasteiger partial charge in [-0.05, 0) is 62.2 Å². The summed E-state index contributed by atoms with van der Waals surface area (Å²) in [5.41, 5.74) is 2.21. The molecule has 1 atom stereocenters. The summed E-state index contributed by atoms with van der Waals surface area (Å²) >= 11 is 0. The van der Waals surface area contributed by atoms with E-state index in [4.69, 9.17) is 23.7 Å². The van der Waals surface area contributed by atoms with Gasteiger partial charge in [0.05, 0.1) is 40.1 Å². The van der Waals surface area contributed by atoms with Crippen LogP contribution < -0.4 is 19.5 Å². The zero-order valence-corrected chi connectivity index (χ0v) is 19.6. The second kappa shape index (κ2) is 14.7. The normalized spacial score (nSPS) is 12.1. The lowest BCUT2D eigenvalue weighted by Crippen LogP contribution is -2.32. The maximum Gasteiger partial charge on any atom is 0.160 e. The summed E-state index contributed by atoms with van der Waals surface area (Å²) in [6.45, 7) is 7.14. The molecule has 0 amide bonds. The highest BCUT2D eigenvalue weighted by molar-refractivity contribution is 5.42. The van der Waals surface area contributed by atoms with E-state index in [-0.39, 0.29) is 12.7 Å². The first-order chi connectivity index (χ1) is 15.5. The maximum absolute atomic E-state index is 10.2. The lowest BCUT2D eigenvalue weighted by atomic mass is 10.1. The Kier molecular flexibility index (Phi) is 11.9. The van der Waals surface area contributed by atoms with E-state index in [1.807, 2.05) is 56.3 Å². The fraction of sp³-hybridized carbons (Fsp3) is 0.520. The van der Waals surface area contributed by atoms with E-state index in [1.54, 1.807) is 14.2 Å². The maximum atomic E-state index is 10.2. The Morgan fingerprint density at radius 1 is 0.906 bits per heavy atom. The van der Waals surface area contributed by atoms with Crippen LogP contribution in [-0.2, 0) is 22.5 Å². The van der Waals surface area contributed by atoms with Crippen LogP contribution in [0.1, 0.15) is 25.0 Å². The molecule has 7 nitrogen and oxygen atoms in total. The number of rotatable bonds is 16. The molecule has 2 aromatic carbocycles. The van der Waals surface area contributed by atoms with E-state index in [1.165, 1.54) is 0 Å². The van der Waals surface area contributed by atoms with Crippen LogP contribution in [0.2, 0.25) is 0 Å². The van der Waals surface area contributed by atoms with E-state index in [0.29, 0.717) is 32.1 Å². The molecular weight excluding hydrogens is 410 g/mol. The molecule has 0 heterocycles. The largest absolute Gasteiger partial charge is 0.493 e. The van der Waals surface area contributed by atoms with Crippen molar-refractivity contribution in [3.05, 3.63) is 53.6 Å². The molecule has 7 heteroatoms. The van der Waals surface area contributed by atoms with Crippen LogP contribution in [0, 0.1) is 0 Å². The number of hydrogen-bond acceptors (Lipinski definition) is 7. The Labute approximate surface area is 191 Å². The van der Waals surface area contributed by atoms with Crippen molar-refractivity contribution in [3.63, 3.8) is 0 Å². The topological polar surface area (TPSA) is 78.4 Å². The monoisotopic (exact) mass is 447 g/mol. The van der Waals surface area contributed by atoms with E-state index in [2.05, 4.69) is 5.32 Å². The molecule has 32 heavy (non-hydrogen) atoms. The second-order valence-corrected chi connectivity index (χ2v) is 7.72. The highest BCUT2D eigenvalue weighted by atomic mass is 16.5. The highest BCUT2D eigenvalue weighted by Gasteiger charge is 2.07. The summed E-state index contributed by atoms with van der Waals surface area (Å²) in [6, 6.07) is 13.6. The third kappa shape index (κ3) is 9.87. The number of aliphatic hydroxyl groups excluding tert-OH is 1. The molecule has 1 unspecified atom stereocenters. The van der Waals surface area contributed by atoms with Gasteiger partial charge in [0.2, 0.25) is 0 Å². The summed E-state index contributed by atoms with van der Waals surface area (Å²) in [7, 11) is 3.25. The van der Waals surface area contributed by atoms with Crippen LogP contribution in [0.15, 0.2) is 42.5 Å². The molecule has 2 N–H and O–H groups in total. The molecular formula is C25H37NO6. The molecule has 0 aliphatic carbocycles. The summed E-state index contributed by atoms with van der Waals surface area (Å²) in [4.78, 5) is 0. The lowest BCUT2D eigenvalue weighted by molar-refractivity contribution is 0.0143. The van der Waals surface area contributed by atoms with Crippen LogP contribution in [0.4, 0.5) is 0 Å². The molecule has 0 aromatic heterocycles. The standard InChI is InChI=1S/C25H37NO6/c1-19(2)31-14-13-30-17-21-5-8-23(9-6-21)32-18-22(27)16-26-12-11-20-7-10-24(28-3)25(15-20)29-4/h5-10,15,19,22,26-27H,11-14,16-18H2,1-4H3. The molecule has 0 saturated carbocycles. The average molecular weight is 448 g/mol. The van der Waals surface area contributed by atoms with E-state index in [9.17, 15) is 5.11 Å². The van der Waals surface area contributed by atoms with Gasteiger partial charge >= 0.3 is 0 Å². The number of methoxy groups -OCH3 is 2. The molecule has 0 spiro atoms. The van der Waals surface area contributed by atoms with Crippen LogP contribution in [0.3, 0.4) is 0 Å². The SMILES string of the molecule is COc1ccc(CCNCC(O)COc2ccc(COCCOC(C)C)cc2)cc1OC. The molecule has 2 rings (SSSR count). The van der Waals surface area contributed by atoms with Crippen molar-refractivity contribution in [3.8, 4) is 17.2 Å². The Balaban J connectivity index is 1.60. The first kappa shape index (κ1) is 25.9. The van der Waals surface area contributed by atoms with Crippen LogP contribution in [-0.4, -0.2) is 64.4 Å². The Morgan fingerprint density at radius 2 is 1.62 bits per heavy atom. The Hall–Kier alpha value is -2.32. The van der Waals surface area contributed by atoms with Gasteiger partial charge in [-0.15, -0.1) is 0 Å². The van der Waals surface area contributed by atoms with Crippen LogP contribution in [0.5, 0.6) is 17.2 Å². The van der Waals surface area contributed by atoms with Crippen LogP contribution >= 0.6 is 0 Å². The lowest BCUT2D eigenvalue weighted by Gasteiger charge is -2.14. The van der Waals surface area contributed by atoms with E-state index < -0.39 is 6.10 Å². The van der Waals surface area contributed by atoms with Crippen molar-refractivity contribution in [2.75, 3.05) is 47.1 Å². The minimum Gasteiger partial charge on any atom is -0.493 e. The zero-order chi connectivity index (χ0) is 23.2. The van der Waals surface area contributed by atoms with Crippen molar-refractivity contribution >= 4 is 0 Å². The molecule has 0 radical (unpaired) electrons. The number of nitrogens with one attached hydrogen (secondary N) is 1. The van der Waals surface area contributed by atoms with Gasteiger partial charge in [0.25, 0.3) is 0 Å². The van der Waals surface area contributed by atoms with Gasteiger partial charge in [-0.3, -0.25) is 0 Å². The predicted octanol–water partition coefficient (Wildman–Crippen LogP) is 3.22. The van der Waals surface area contributed by atoms with Gasteiger partial charge < -0.3 is 34.1 Å². The van der Waals surface area contributed by atoms with Crippen molar-refractivity contribution in [2.24, 2.45) is 0 Å². The van der Waals surface area contributed by atoms with Gasteiger partial charge in [-0.1, -0.05) is 18.2 Å². The fourth-order valence-electron chi connectivity index (χ4n) is 3.00. The number of hydrogen-bond donors (Lipinski definition) is 2. The quantitative estimate of drug-likeness (QED) is 0.383. The molecule has 0 aliphatic heterocycles. The summed E-state index contributed by atoms with van der Waals surface area (Å²) in [5.74, 6) is 2.16. The molecule has 0 saturated heterocycles. The third-order valence-corrected chi connectivity index (χ3v) is 4.73. The summed E-state index contributed by atoms with van der Waals surface area (Å²) < 4.78 is 27.3. The number of benzene rings is 2. The van der Waals surface area contributed by atoms with Crippen molar-refractivity contribution in [1.82, 2.24) is 5.32 Å².